The van der Waals surface area contributed by atoms with Crippen LogP contribution in [-0.4, -0.2) is 14.6 Å². The van der Waals surface area contributed by atoms with Gasteiger partial charge in [-0.3, -0.25) is 9.89 Å². The molecule has 0 aliphatic rings. The monoisotopic (exact) mass is 191 g/mol. The molecule has 2 rings (SSSR count). The first-order valence-electron chi connectivity index (χ1n) is 4.85. The average Bonchev–Trinajstić information content (AvgIpc) is 2.61. The van der Waals surface area contributed by atoms with Crippen molar-refractivity contribution in [2.75, 3.05) is 0 Å². The Morgan fingerprint density at radius 1 is 1.36 bits per heavy atom. The number of aromatic nitrogens is 3. The highest BCUT2D eigenvalue weighted by molar-refractivity contribution is 5.39. The SMILES string of the molecule is CCc1cc(=O)n2[nH]c(CC)cc2n1. The van der Waals surface area contributed by atoms with Crippen molar-refractivity contribution in [3.8, 4) is 0 Å². The molecule has 0 atom stereocenters. The van der Waals surface area contributed by atoms with Gasteiger partial charge in [0.05, 0.1) is 0 Å². The molecule has 0 aliphatic heterocycles. The number of nitrogens with one attached hydrogen (secondary N) is 1. The van der Waals surface area contributed by atoms with Gasteiger partial charge in [0.2, 0.25) is 0 Å². The number of hydrogen-bond donors (Lipinski definition) is 1. The Bertz CT molecular complexity index is 510. The van der Waals surface area contributed by atoms with E-state index >= 15 is 0 Å². The molecule has 0 aliphatic carbocycles. The van der Waals surface area contributed by atoms with Crippen LogP contribution < -0.4 is 5.56 Å². The summed E-state index contributed by atoms with van der Waals surface area (Å²) >= 11 is 0. The first-order valence-corrected chi connectivity index (χ1v) is 4.85. The fourth-order valence-corrected chi connectivity index (χ4v) is 1.45. The lowest BCUT2D eigenvalue weighted by atomic mass is 10.3. The molecule has 0 spiro atoms. The zero-order valence-corrected chi connectivity index (χ0v) is 8.37. The van der Waals surface area contributed by atoms with Crippen LogP contribution in [0.4, 0.5) is 0 Å². The Labute approximate surface area is 81.6 Å². The van der Waals surface area contributed by atoms with E-state index in [1.54, 1.807) is 6.07 Å². The summed E-state index contributed by atoms with van der Waals surface area (Å²) in [4.78, 5) is 15.9. The van der Waals surface area contributed by atoms with Gasteiger partial charge in [-0.05, 0) is 12.8 Å². The second-order valence-electron chi connectivity index (χ2n) is 3.27. The maximum absolute atomic E-state index is 11.6. The molecular weight excluding hydrogens is 178 g/mol. The van der Waals surface area contributed by atoms with Crippen LogP contribution in [0.5, 0.6) is 0 Å². The molecule has 0 saturated carbocycles. The molecule has 0 radical (unpaired) electrons. The van der Waals surface area contributed by atoms with Gasteiger partial charge in [0.1, 0.15) is 0 Å². The Morgan fingerprint density at radius 2 is 2.14 bits per heavy atom. The molecule has 2 aromatic heterocycles. The van der Waals surface area contributed by atoms with E-state index in [-0.39, 0.29) is 5.56 Å². The minimum atomic E-state index is -0.0356. The Balaban J connectivity index is 2.73. The lowest BCUT2D eigenvalue weighted by Crippen LogP contribution is -2.15. The molecular formula is C10H13N3O. The summed E-state index contributed by atoms with van der Waals surface area (Å²) in [6, 6.07) is 3.49. The van der Waals surface area contributed by atoms with Gasteiger partial charge in [-0.15, -0.1) is 0 Å². The third-order valence-corrected chi connectivity index (χ3v) is 2.30. The summed E-state index contributed by atoms with van der Waals surface area (Å²) in [5.74, 6) is 0. The second kappa shape index (κ2) is 3.29. The molecule has 0 aromatic carbocycles. The van der Waals surface area contributed by atoms with Gasteiger partial charge >= 0.3 is 0 Å². The Kier molecular flexibility index (Phi) is 2.11. The molecule has 0 unspecified atom stereocenters. The standard InChI is InChI=1S/C10H13N3O/c1-3-7-6-10(14)13-9(11-7)5-8(4-2)12-13/h5-6,12H,3-4H2,1-2H3. The molecule has 2 heterocycles. The highest BCUT2D eigenvalue weighted by Gasteiger charge is 2.03. The average molecular weight is 191 g/mol. The number of aromatic amines is 1. The number of nitrogens with zero attached hydrogens (tertiary/aromatic N) is 2. The first kappa shape index (κ1) is 8.99. The van der Waals surface area contributed by atoms with Crippen LogP contribution in [0.2, 0.25) is 0 Å². The van der Waals surface area contributed by atoms with Crippen molar-refractivity contribution in [2.45, 2.75) is 26.7 Å². The van der Waals surface area contributed by atoms with Crippen LogP contribution in [0.3, 0.4) is 0 Å². The van der Waals surface area contributed by atoms with Crippen molar-refractivity contribution < 1.29 is 0 Å². The van der Waals surface area contributed by atoms with E-state index in [0.29, 0.717) is 5.65 Å². The summed E-state index contributed by atoms with van der Waals surface area (Å²) < 4.78 is 1.48. The first-order chi connectivity index (χ1) is 6.74. The van der Waals surface area contributed by atoms with E-state index in [0.717, 1.165) is 24.2 Å². The largest absolute Gasteiger partial charge is 0.294 e. The van der Waals surface area contributed by atoms with Gasteiger partial charge in [-0.1, -0.05) is 13.8 Å². The summed E-state index contributed by atoms with van der Waals surface area (Å²) in [7, 11) is 0. The highest BCUT2D eigenvalue weighted by atomic mass is 16.1. The number of fused-ring (bicyclic) bond motifs is 1. The van der Waals surface area contributed by atoms with Gasteiger partial charge in [0.25, 0.3) is 5.56 Å². The number of rotatable bonds is 2. The lowest BCUT2D eigenvalue weighted by molar-refractivity contribution is 0.844. The molecule has 14 heavy (non-hydrogen) atoms. The predicted molar refractivity (Wildman–Crippen MR) is 54.6 cm³/mol. The van der Waals surface area contributed by atoms with Crippen molar-refractivity contribution in [3.05, 3.63) is 33.9 Å². The molecule has 1 N–H and O–H groups in total. The van der Waals surface area contributed by atoms with Crippen LogP contribution in [0.15, 0.2) is 16.9 Å². The van der Waals surface area contributed by atoms with Crippen LogP contribution in [0.1, 0.15) is 25.2 Å². The fourth-order valence-electron chi connectivity index (χ4n) is 1.45. The minimum absolute atomic E-state index is 0.0356. The molecule has 4 heteroatoms. The maximum Gasteiger partial charge on any atom is 0.272 e. The van der Waals surface area contributed by atoms with E-state index in [2.05, 4.69) is 10.1 Å². The minimum Gasteiger partial charge on any atom is -0.294 e. The summed E-state index contributed by atoms with van der Waals surface area (Å²) in [5.41, 5.74) is 2.55. The molecule has 74 valence electrons. The third-order valence-electron chi connectivity index (χ3n) is 2.30. The van der Waals surface area contributed by atoms with E-state index in [9.17, 15) is 4.79 Å². The third kappa shape index (κ3) is 1.32. The Morgan fingerprint density at radius 3 is 2.79 bits per heavy atom. The zero-order valence-electron chi connectivity index (χ0n) is 8.37. The lowest BCUT2D eigenvalue weighted by Gasteiger charge is -1.95. The van der Waals surface area contributed by atoms with E-state index < -0.39 is 0 Å². The predicted octanol–water partition coefficient (Wildman–Crippen LogP) is 1.15. The fraction of sp³-hybridized carbons (Fsp3) is 0.400. The van der Waals surface area contributed by atoms with E-state index in [1.165, 1.54) is 4.52 Å². The van der Waals surface area contributed by atoms with Crippen molar-refractivity contribution in [3.63, 3.8) is 0 Å². The molecule has 0 bridgehead atoms. The molecule has 0 fully saturated rings. The maximum atomic E-state index is 11.6. The van der Waals surface area contributed by atoms with Crippen LogP contribution in [-0.2, 0) is 12.8 Å². The normalized spacial score (nSPS) is 11.0. The zero-order chi connectivity index (χ0) is 10.1. The number of hydrogen-bond acceptors (Lipinski definition) is 2. The Hall–Kier alpha value is -1.58. The van der Waals surface area contributed by atoms with Gasteiger partial charge in [-0.2, -0.15) is 0 Å². The van der Waals surface area contributed by atoms with Crippen LogP contribution >= 0.6 is 0 Å². The smallest absolute Gasteiger partial charge is 0.272 e. The molecule has 0 amide bonds. The van der Waals surface area contributed by atoms with Gasteiger partial charge in [-0.25, -0.2) is 9.50 Å². The van der Waals surface area contributed by atoms with E-state index in [1.807, 2.05) is 19.9 Å². The van der Waals surface area contributed by atoms with Crippen molar-refractivity contribution in [1.29, 1.82) is 0 Å². The van der Waals surface area contributed by atoms with Crippen molar-refractivity contribution in [1.82, 2.24) is 14.6 Å². The molecule has 4 nitrogen and oxygen atoms in total. The van der Waals surface area contributed by atoms with Gasteiger partial charge < -0.3 is 0 Å². The number of aryl methyl sites for hydroxylation is 2. The number of H-pyrrole nitrogens is 1. The molecule has 0 saturated heterocycles. The summed E-state index contributed by atoms with van der Waals surface area (Å²) in [6.45, 7) is 4.03. The highest BCUT2D eigenvalue weighted by Crippen LogP contribution is 2.03. The summed E-state index contributed by atoms with van der Waals surface area (Å²) in [5, 5.41) is 3.01. The van der Waals surface area contributed by atoms with Gasteiger partial charge in [0.15, 0.2) is 5.65 Å². The summed E-state index contributed by atoms with van der Waals surface area (Å²) in [6.07, 6.45) is 1.67. The van der Waals surface area contributed by atoms with Crippen molar-refractivity contribution in [2.24, 2.45) is 0 Å². The van der Waals surface area contributed by atoms with Crippen LogP contribution in [0, 0.1) is 0 Å². The van der Waals surface area contributed by atoms with Crippen LogP contribution in [0.25, 0.3) is 5.65 Å². The topological polar surface area (TPSA) is 50.2 Å². The van der Waals surface area contributed by atoms with Crippen molar-refractivity contribution >= 4 is 5.65 Å². The van der Waals surface area contributed by atoms with E-state index in [4.69, 9.17) is 0 Å². The van der Waals surface area contributed by atoms with Gasteiger partial charge in [0, 0.05) is 23.5 Å². The quantitative estimate of drug-likeness (QED) is 0.774. The second-order valence-corrected chi connectivity index (χ2v) is 3.27. The molecule has 2 aromatic rings.